The van der Waals surface area contributed by atoms with Gasteiger partial charge < -0.3 is 10.8 Å². The summed E-state index contributed by atoms with van der Waals surface area (Å²) in [5.74, 6) is -0.964. The van der Waals surface area contributed by atoms with Gasteiger partial charge in [-0.25, -0.2) is 4.98 Å². The molecule has 0 spiro atoms. The minimum Gasteiger partial charge on any atom is -0.480 e. The van der Waals surface area contributed by atoms with Gasteiger partial charge in [0.25, 0.3) is 0 Å². The number of carboxylic acid groups (broad SMARTS) is 1. The van der Waals surface area contributed by atoms with Crippen LogP contribution in [0.3, 0.4) is 0 Å². The Morgan fingerprint density at radius 2 is 2.27 bits per heavy atom. The first-order valence-corrected chi connectivity index (χ1v) is 5.47. The Bertz CT molecular complexity index is 404. The number of hydrogen-bond acceptors (Lipinski definition) is 3. The van der Waals surface area contributed by atoms with Crippen LogP contribution < -0.4 is 5.73 Å². The van der Waals surface area contributed by atoms with Gasteiger partial charge in [0.15, 0.2) is 0 Å². The highest BCUT2D eigenvalue weighted by Crippen LogP contribution is 2.49. The second-order valence-corrected chi connectivity index (χ2v) is 4.63. The molecule has 1 heterocycles. The first-order valence-electron chi connectivity index (χ1n) is 4.68. The summed E-state index contributed by atoms with van der Waals surface area (Å²) < 4.78 is 0.712. The maximum Gasteiger partial charge on any atom is 0.321 e. The van der Waals surface area contributed by atoms with Crippen LogP contribution in [0.25, 0.3) is 0 Å². The molecular weight excluding hydrogens is 260 g/mol. The minimum absolute atomic E-state index is 0.449. The fraction of sp³-hybridized carbons (Fsp3) is 0.400. The van der Waals surface area contributed by atoms with Gasteiger partial charge in [-0.1, -0.05) is 6.07 Å². The van der Waals surface area contributed by atoms with Crippen LogP contribution >= 0.6 is 15.9 Å². The van der Waals surface area contributed by atoms with Gasteiger partial charge in [-0.05, 0) is 40.9 Å². The van der Waals surface area contributed by atoms with Gasteiger partial charge in [-0.15, -0.1) is 0 Å². The van der Waals surface area contributed by atoms with Crippen molar-refractivity contribution in [2.24, 2.45) is 5.73 Å². The summed E-state index contributed by atoms with van der Waals surface area (Å²) in [6.07, 6.45) is 1.59. The third-order valence-corrected chi connectivity index (χ3v) is 3.32. The van der Waals surface area contributed by atoms with Gasteiger partial charge in [0.05, 0.1) is 5.69 Å². The minimum atomic E-state index is -0.964. The average molecular weight is 271 g/mol. The van der Waals surface area contributed by atoms with E-state index in [4.69, 9.17) is 10.8 Å². The maximum atomic E-state index is 10.9. The Morgan fingerprint density at radius 3 is 2.73 bits per heavy atom. The Morgan fingerprint density at radius 1 is 1.60 bits per heavy atom. The topological polar surface area (TPSA) is 76.2 Å². The molecule has 0 bridgehead atoms. The Balaban J connectivity index is 2.34. The lowest BCUT2D eigenvalue weighted by Crippen LogP contribution is -2.42. The summed E-state index contributed by atoms with van der Waals surface area (Å²) in [6, 6.07) is 4.63. The second kappa shape index (κ2) is 3.57. The van der Waals surface area contributed by atoms with E-state index in [1.807, 2.05) is 18.2 Å². The fourth-order valence-corrected chi connectivity index (χ4v) is 2.13. The maximum absolute atomic E-state index is 10.9. The summed E-state index contributed by atoms with van der Waals surface area (Å²) in [5.41, 5.74) is 6.01. The number of carbonyl (C=O) groups is 1. The lowest BCUT2D eigenvalue weighted by molar-refractivity contribution is -0.139. The lowest BCUT2D eigenvalue weighted by atomic mass is 9.93. The molecule has 3 N–H and O–H groups in total. The van der Waals surface area contributed by atoms with Crippen LogP contribution in [0.1, 0.15) is 18.5 Å². The summed E-state index contributed by atoms with van der Waals surface area (Å²) in [5, 5.41) is 8.92. The summed E-state index contributed by atoms with van der Waals surface area (Å²) in [4.78, 5) is 15.2. The molecule has 0 saturated heterocycles. The number of nitrogens with two attached hydrogens (primary N) is 1. The number of nitrogens with zero attached hydrogens (tertiary/aromatic N) is 1. The number of hydrogen-bond donors (Lipinski definition) is 2. The molecule has 4 nitrogen and oxygen atoms in total. The molecular formula is C10H11BrN2O2. The van der Waals surface area contributed by atoms with E-state index in [0.29, 0.717) is 4.60 Å². The highest BCUT2D eigenvalue weighted by Gasteiger charge is 2.53. The van der Waals surface area contributed by atoms with Crippen molar-refractivity contribution in [3.63, 3.8) is 0 Å². The molecule has 2 rings (SSSR count). The first-order chi connectivity index (χ1) is 7.06. The zero-order chi connectivity index (χ0) is 11.1. The van der Waals surface area contributed by atoms with E-state index in [1.54, 1.807) is 0 Å². The van der Waals surface area contributed by atoms with Crippen LogP contribution in [0.15, 0.2) is 22.8 Å². The molecule has 1 fully saturated rings. The molecule has 0 radical (unpaired) electrons. The second-order valence-electron chi connectivity index (χ2n) is 3.82. The van der Waals surface area contributed by atoms with Crippen molar-refractivity contribution in [1.29, 1.82) is 0 Å². The number of halogens is 1. The van der Waals surface area contributed by atoms with Gasteiger partial charge >= 0.3 is 5.97 Å². The molecule has 1 saturated carbocycles. The summed E-state index contributed by atoms with van der Waals surface area (Å²) >= 11 is 3.27. The van der Waals surface area contributed by atoms with E-state index in [1.165, 1.54) is 0 Å². The molecule has 1 aromatic rings. The molecule has 0 aromatic carbocycles. The quantitative estimate of drug-likeness (QED) is 0.812. The Hall–Kier alpha value is -0.940. The van der Waals surface area contributed by atoms with Gasteiger partial charge in [-0.2, -0.15) is 0 Å². The molecule has 1 atom stereocenters. The monoisotopic (exact) mass is 270 g/mol. The number of pyridine rings is 1. The van der Waals surface area contributed by atoms with Crippen molar-refractivity contribution in [3.8, 4) is 0 Å². The molecule has 5 heteroatoms. The molecule has 1 unspecified atom stereocenters. The molecule has 15 heavy (non-hydrogen) atoms. The standard InChI is InChI=1S/C10H11BrN2O2/c11-7-3-1-2-6(13-7)10(4-5-10)8(12)9(14)15/h1-3,8H,4-5,12H2,(H,14,15). The van der Waals surface area contributed by atoms with E-state index in [2.05, 4.69) is 20.9 Å². The van der Waals surface area contributed by atoms with Crippen molar-refractivity contribution < 1.29 is 9.90 Å². The van der Waals surface area contributed by atoms with E-state index in [-0.39, 0.29) is 0 Å². The zero-order valence-corrected chi connectivity index (χ0v) is 9.57. The normalized spacial score (nSPS) is 19.6. The fourth-order valence-electron chi connectivity index (χ4n) is 1.78. The Labute approximate surface area is 95.6 Å². The van der Waals surface area contributed by atoms with Gasteiger partial charge in [0, 0.05) is 5.41 Å². The van der Waals surface area contributed by atoms with E-state index < -0.39 is 17.4 Å². The first kappa shape index (κ1) is 10.6. The number of aliphatic carboxylic acids is 1. The highest BCUT2D eigenvalue weighted by atomic mass is 79.9. The largest absolute Gasteiger partial charge is 0.480 e. The van der Waals surface area contributed by atoms with Crippen LogP contribution in [0.5, 0.6) is 0 Å². The van der Waals surface area contributed by atoms with E-state index >= 15 is 0 Å². The predicted octanol–water partition coefficient (Wildman–Crippen LogP) is 1.29. The van der Waals surface area contributed by atoms with E-state index in [9.17, 15) is 4.79 Å². The molecule has 0 aliphatic heterocycles. The SMILES string of the molecule is NC(C(=O)O)C1(c2cccc(Br)n2)CC1. The molecule has 1 aliphatic carbocycles. The summed E-state index contributed by atoms with van der Waals surface area (Å²) in [6.45, 7) is 0. The van der Waals surface area contributed by atoms with Crippen molar-refractivity contribution >= 4 is 21.9 Å². The lowest BCUT2D eigenvalue weighted by Gasteiger charge is -2.18. The zero-order valence-electron chi connectivity index (χ0n) is 7.98. The van der Waals surface area contributed by atoms with Crippen molar-refractivity contribution in [2.75, 3.05) is 0 Å². The van der Waals surface area contributed by atoms with Gasteiger partial charge in [-0.3, -0.25) is 4.79 Å². The van der Waals surface area contributed by atoms with Crippen LogP contribution in [0.4, 0.5) is 0 Å². The van der Waals surface area contributed by atoms with Gasteiger partial charge in [0.1, 0.15) is 10.6 Å². The van der Waals surface area contributed by atoms with Crippen molar-refractivity contribution in [2.45, 2.75) is 24.3 Å². The highest BCUT2D eigenvalue weighted by molar-refractivity contribution is 9.10. The molecule has 80 valence electrons. The number of carboxylic acids is 1. The molecule has 1 aliphatic rings. The van der Waals surface area contributed by atoms with Crippen LogP contribution in [0, 0.1) is 0 Å². The molecule has 1 aromatic heterocycles. The average Bonchev–Trinajstić information content (AvgIpc) is 2.97. The van der Waals surface area contributed by atoms with Crippen LogP contribution in [-0.4, -0.2) is 22.1 Å². The van der Waals surface area contributed by atoms with Crippen LogP contribution in [0.2, 0.25) is 0 Å². The van der Waals surface area contributed by atoms with Gasteiger partial charge in [0.2, 0.25) is 0 Å². The van der Waals surface area contributed by atoms with Crippen molar-refractivity contribution in [1.82, 2.24) is 4.98 Å². The number of aromatic nitrogens is 1. The third kappa shape index (κ3) is 1.77. The van der Waals surface area contributed by atoms with Crippen LogP contribution in [-0.2, 0) is 10.2 Å². The predicted molar refractivity (Wildman–Crippen MR) is 58.5 cm³/mol. The van der Waals surface area contributed by atoms with Crippen molar-refractivity contribution in [3.05, 3.63) is 28.5 Å². The smallest absolute Gasteiger partial charge is 0.321 e. The number of rotatable bonds is 3. The van der Waals surface area contributed by atoms with E-state index in [0.717, 1.165) is 18.5 Å². The molecule has 0 amide bonds. The Kier molecular flexibility index (Phi) is 2.52. The third-order valence-electron chi connectivity index (χ3n) is 2.88. The summed E-state index contributed by atoms with van der Waals surface area (Å²) in [7, 11) is 0.